The highest BCUT2D eigenvalue weighted by molar-refractivity contribution is 5.46. The minimum Gasteiger partial charge on any atom is -0.508 e. The van der Waals surface area contributed by atoms with Gasteiger partial charge in [0.05, 0.1) is 0 Å². The predicted molar refractivity (Wildman–Crippen MR) is 53.0 cm³/mol. The van der Waals surface area contributed by atoms with Crippen molar-refractivity contribution in [3.63, 3.8) is 0 Å². The number of hydrogen-bond acceptors (Lipinski definition) is 2. The number of rotatable bonds is 0. The van der Waals surface area contributed by atoms with Crippen LogP contribution < -0.4 is 5.32 Å². The Kier molecular flexibility index (Phi) is 2.00. The van der Waals surface area contributed by atoms with E-state index in [0.29, 0.717) is 11.8 Å². The summed E-state index contributed by atoms with van der Waals surface area (Å²) in [6, 6.07) is 4.15. The van der Waals surface area contributed by atoms with E-state index in [1.165, 1.54) is 11.1 Å². The summed E-state index contributed by atoms with van der Waals surface area (Å²) in [6.45, 7) is 5.21. The van der Waals surface area contributed by atoms with E-state index < -0.39 is 0 Å². The van der Waals surface area contributed by atoms with Gasteiger partial charge in [-0.05, 0) is 44.0 Å². The average Bonchev–Trinajstić information content (AvgIpc) is 2.12. The van der Waals surface area contributed by atoms with Crippen LogP contribution in [-0.2, 0) is 6.42 Å². The van der Waals surface area contributed by atoms with Gasteiger partial charge in [0.25, 0.3) is 0 Å². The highest BCUT2D eigenvalue weighted by Gasteiger charge is 2.19. The van der Waals surface area contributed by atoms with Crippen LogP contribution in [-0.4, -0.2) is 11.7 Å². The van der Waals surface area contributed by atoms with Crippen LogP contribution in [0, 0.1) is 6.92 Å². The van der Waals surface area contributed by atoms with Crippen LogP contribution >= 0.6 is 0 Å². The highest BCUT2D eigenvalue weighted by atomic mass is 16.3. The molecule has 0 amide bonds. The summed E-state index contributed by atoms with van der Waals surface area (Å²) in [5, 5.41) is 13.1. The van der Waals surface area contributed by atoms with Crippen molar-refractivity contribution in [1.29, 1.82) is 0 Å². The molecule has 0 aromatic heterocycles. The normalized spacial score (nSPS) is 21.2. The summed E-state index contributed by atoms with van der Waals surface area (Å²) in [7, 11) is 0. The third kappa shape index (κ3) is 1.31. The van der Waals surface area contributed by atoms with Gasteiger partial charge in [0.15, 0.2) is 0 Å². The van der Waals surface area contributed by atoms with Crippen LogP contribution in [0.1, 0.15) is 29.7 Å². The second kappa shape index (κ2) is 3.04. The van der Waals surface area contributed by atoms with E-state index in [4.69, 9.17) is 0 Å². The zero-order valence-corrected chi connectivity index (χ0v) is 8.09. The molecule has 2 heteroatoms. The molecule has 0 aliphatic carbocycles. The van der Waals surface area contributed by atoms with Crippen LogP contribution in [0.2, 0.25) is 0 Å². The summed E-state index contributed by atoms with van der Waals surface area (Å²) in [4.78, 5) is 0. The van der Waals surface area contributed by atoms with E-state index in [9.17, 15) is 5.11 Å². The van der Waals surface area contributed by atoms with Crippen molar-refractivity contribution in [3.05, 3.63) is 28.8 Å². The second-order valence-electron chi connectivity index (χ2n) is 3.72. The predicted octanol–water partition coefficient (Wildman–Crippen LogP) is 1.91. The van der Waals surface area contributed by atoms with Crippen molar-refractivity contribution in [2.24, 2.45) is 0 Å². The van der Waals surface area contributed by atoms with Crippen molar-refractivity contribution < 1.29 is 5.11 Å². The SMILES string of the molecule is Cc1ccc(O)c2c1C(C)NCC2. The van der Waals surface area contributed by atoms with Gasteiger partial charge in [0.2, 0.25) is 0 Å². The molecule has 0 fully saturated rings. The minimum absolute atomic E-state index is 0.371. The molecule has 0 saturated carbocycles. The molecule has 0 bridgehead atoms. The maximum absolute atomic E-state index is 9.67. The first-order valence-electron chi connectivity index (χ1n) is 4.75. The highest BCUT2D eigenvalue weighted by Crippen LogP contribution is 2.31. The molecule has 1 aliphatic heterocycles. The minimum atomic E-state index is 0.371. The summed E-state index contributed by atoms with van der Waals surface area (Å²) < 4.78 is 0. The van der Waals surface area contributed by atoms with Crippen LogP contribution in [0.3, 0.4) is 0 Å². The molecule has 70 valence electrons. The molecule has 2 nitrogen and oxygen atoms in total. The smallest absolute Gasteiger partial charge is 0.119 e. The Morgan fingerprint density at radius 2 is 2.23 bits per heavy atom. The molecule has 13 heavy (non-hydrogen) atoms. The molecule has 1 aromatic carbocycles. The lowest BCUT2D eigenvalue weighted by molar-refractivity contribution is 0.451. The Labute approximate surface area is 78.6 Å². The van der Waals surface area contributed by atoms with E-state index >= 15 is 0 Å². The number of benzene rings is 1. The van der Waals surface area contributed by atoms with E-state index in [2.05, 4.69) is 19.2 Å². The van der Waals surface area contributed by atoms with E-state index in [0.717, 1.165) is 18.5 Å². The van der Waals surface area contributed by atoms with E-state index in [1.807, 2.05) is 6.07 Å². The quantitative estimate of drug-likeness (QED) is 0.634. The van der Waals surface area contributed by atoms with Gasteiger partial charge in [-0.25, -0.2) is 0 Å². The van der Waals surface area contributed by atoms with Crippen LogP contribution in [0.15, 0.2) is 12.1 Å². The number of hydrogen-bond donors (Lipinski definition) is 2. The Bertz CT molecular complexity index is 333. The Morgan fingerprint density at radius 3 is 2.92 bits per heavy atom. The lowest BCUT2D eigenvalue weighted by Crippen LogP contribution is -2.28. The summed E-state index contributed by atoms with van der Waals surface area (Å²) >= 11 is 0. The fraction of sp³-hybridized carbons (Fsp3) is 0.455. The third-order valence-corrected chi connectivity index (χ3v) is 2.81. The summed E-state index contributed by atoms with van der Waals surface area (Å²) in [5.41, 5.74) is 3.69. The van der Waals surface area contributed by atoms with Crippen LogP contribution in [0.5, 0.6) is 5.75 Å². The van der Waals surface area contributed by atoms with Gasteiger partial charge >= 0.3 is 0 Å². The maximum Gasteiger partial charge on any atom is 0.119 e. The zero-order chi connectivity index (χ0) is 9.42. The average molecular weight is 177 g/mol. The maximum atomic E-state index is 9.67. The van der Waals surface area contributed by atoms with E-state index in [1.54, 1.807) is 6.07 Å². The second-order valence-corrected chi connectivity index (χ2v) is 3.72. The largest absolute Gasteiger partial charge is 0.508 e. The van der Waals surface area contributed by atoms with Crippen molar-refractivity contribution in [1.82, 2.24) is 5.32 Å². The molecule has 1 heterocycles. The molecule has 2 N–H and O–H groups in total. The Morgan fingerprint density at radius 1 is 1.46 bits per heavy atom. The van der Waals surface area contributed by atoms with E-state index in [-0.39, 0.29) is 0 Å². The first-order valence-corrected chi connectivity index (χ1v) is 4.75. The van der Waals surface area contributed by atoms with Gasteiger partial charge in [0, 0.05) is 11.6 Å². The molecular formula is C11H15NO. The fourth-order valence-corrected chi connectivity index (χ4v) is 2.15. The van der Waals surface area contributed by atoms with Crippen LogP contribution in [0.4, 0.5) is 0 Å². The third-order valence-electron chi connectivity index (χ3n) is 2.81. The molecule has 1 aromatic rings. The fourth-order valence-electron chi connectivity index (χ4n) is 2.15. The zero-order valence-electron chi connectivity index (χ0n) is 8.09. The van der Waals surface area contributed by atoms with Gasteiger partial charge in [-0.3, -0.25) is 0 Å². The van der Waals surface area contributed by atoms with Gasteiger partial charge in [0.1, 0.15) is 5.75 Å². The lowest BCUT2D eigenvalue weighted by atomic mass is 9.91. The first-order chi connectivity index (χ1) is 6.20. The number of nitrogens with one attached hydrogen (secondary N) is 1. The van der Waals surface area contributed by atoms with Crippen LogP contribution in [0.25, 0.3) is 0 Å². The molecule has 0 saturated heterocycles. The molecule has 2 rings (SSSR count). The molecule has 1 unspecified atom stereocenters. The van der Waals surface area contributed by atoms with Gasteiger partial charge < -0.3 is 10.4 Å². The van der Waals surface area contributed by atoms with Gasteiger partial charge in [-0.1, -0.05) is 6.07 Å². The summed E-state index contributed by atoms with van der Waals surface area (Å²) in [5.74, 6) is 0.453. The van der Waals surface area contributed by atoms with Crippen molar-refractivity contribution in [2.75, 3.05) is 6.54 Å². The van der Waals surface area contributed by atoms with Gasteiger partial charge in [-0.15, -0.1) is 0 Å². The summed E-state index contributed by atoms with van der Waals surface area (Å²) in [6.07, 6.45) is 0.938. The Balaban J connectivity index is 2.60. The van der Waals surface area contributed by atoms with Crippen molar-refractivity contribution in [3.8, 4) is 5.75 Å². The number of aryl methyl sites for hydroxylation is 1. The standard InChI is InChI=1S/C11H15NO/c1-7-3-4-10(13)9-5-6-12-8(2)11(7)9/h3-4,8,12-13H,5-6H2,1-2H3. The topological polar surface area (TPSA) is 32.3 Å². The van der Waals surface area contributed by atoms with Crippen molar-refractivity contribution in [2.45, 2.75) is 26.3 Å². The Hall–Kier alpha value is -1.02. The number of aromatic hydroxyl groups is 1. The monoisotopic (exact) mass is 177 g/mol. The molecule has 1 aliphatic rings. The number of phenols is 1. The molecular weight excluding hydrogens is 162 g/mol. The number of phenolic OH excluding ortho intramolecular Hbond substituents is 1. The lowest BCUT2D eigenvalue weighted by Gasteiger charge is -2.26. The van der Waals surface area contributed by atoms with Gasteiger partial charge in [-0.2, -0.15) is 0 Å². The number of fused-ring (bicyclic) bond motifs is 1. The first kappa shape index (κ1) is 8.57. The molecule has 1 atom stereocenters. The van der Waals surface area contributed by atoms with Crippen molar-refractivity contribution >= 4 is 0 Å². The molecule has 0 radical (unpaired) electrons. The molecule has 0 spiro atoms.